The van der Waals surface area contributed by atoms with Gasteiger partial charge in [0.2, 0.25) is 5.89 Å². The van der Waals surface area contributed by atoms with Crippen LogP contribution < -0.4 is 0 Å². The maximum atomic E-state index is 5.27. The van der Waals surface area contributed by atoms with Crippen LogP contribution >= 0.6 is 23.1 Å². The van der Waals surface area contributed by atoms with Gasteiger partial charge >= 0.3 is 0 Å². The predicted molar refractivity (Wildman–Crippen MR) is 91.4 cm³/mol. The summed E-state index contributed by atoms with van der Waals surface area (Å²) in [4.78, 5) is 5.55. The van der Waals surface area contributed by atoms with Crippen LogP contribution in [0.3, 0.4) is 0 Å². The van der Waals surface area contributed by atoms with Gasteiger partial charge in [-0.25, -0.2) is 0 Å². The summed E-state index contributed by atoms with van der Waals surface area (Å²) < 4.78 is 7.39. The minimum absolute atomic E-state index is 0.507. The van der Waals surface area contributed by atoms with Gasteiger partial charge in [-0.3, -0.25) is 0 Å². The van der Waals surface area contributed by atoms with E-state index in [2.05, 4.69) is 51.7 Å². The van der Waals surface area contributed by atoms with Crippen LogP contribution in [0.2, 0.25) is 0 Å². The van der Waals surface area contributed by atoms with Crippen LogP contribution in [0.15, 0.2) is 27.2 Å². The fourth-order valence-corrected chi connectivity index (χ4v) is 3.74. The van der Waals surface area contributed by atoms with Crippen molar-refractivity contribution in [2.24, 2.45) is 5.92 Å². The summed E-state index contributed by atoms with van der Waals surface area (Å²) >= 11 is 3.25. The number of aromatic nitrogens is 5. The van der Waals surface area contributed by atoms with Crippen LogP contribution in [-0.2, 0) is 18.7 Å². The van der Waals surface area contributed by atoms with Crippen molar-refractivity contribution in [3.8, 4) is 10.7 Å². The van der Waals surface area contributed by atoms with E-state index in [4.69, 9.17) is 4.52 Å². The van der Waals surface area contributed by atoms with Gasteiger partial charge in [0.25, 0.3) is 0 Å². The van der Waals surface area contributed by atoms with Crippen molar-refractivity contribution >= 4 is 23.1 Å². The van der Waals surface area contributed by atoms with E-state index < -0.39 is 0 Å². The summed E-state index contributed by atoms with van der Waals surface area (Å²) in [5.41, 5.74) is 0. The largest absolute Gasteiger partial charge is 0.339 e. The molecule has 3 heterocycles. The highest BCUT2D eigenvalue weighted by Gasteiger charge is 2.15. The minimum atomic E-state index is 0.507. The molecule has 0 radical (unpaired) electrons. The van der Waals surface area contributed by atoms with Gasteiger partial charge in [0, 0.05) is 13.0 Å². The van der Waals surface area contributed by atoms with E-state index in [9.17, 15) is 0 Å². The van der Waals surface area contributed by atoms with Gasteiger partial charge in [0.05, 0.1) is 10.6 Å². The van der Waals surface area contributed by atoms with Crippen LogP contribution in [0.25, 0.3) is 10.7 Å². The van der Waals surface area contributed by atoms with E-state index in [0.717, 1.165) is 28.8 Å². The molecule has 3 aromatic rings. The molecule has 0 atom stereocenters. The maximum Gasteiger partial charge on any atom is 0.226 e. The Balaban J connectivity index is 1.70. The molecule has 6 nitrogen and oxygen atoms in total. The lowest BCUT2D eigenvalue weighted by Crippen LogP contribution is -1.99. The van der Waals surface area contributed by atoms with Crippen LogP contribution in [0, 0.1) is 5.92 Å². The molecule has 0 bridgehead atoms. The molecule has 0 saturated carbocycles. The third-order valence-corrected chi connectivity index (χ3v) is 5.03. The van der Waals surface area contributed by atoms with Crippen molar-refractivity contribution in [2.75, 3.05) is 0 Å². The van der Waals surface area contributed by atoms with E-state index in [0.29, 0.717) is 23.4 Å². The minimum Gasteiger partial charge on any atom is -0.339 e. The average molecular weight is 349 g/mol. The lowest BCUT2D eigenvalue weighted by atomic mass is 10.1. The van der Waals surface area contributed by atoms with Crippen molar-refractivity contribution in [2.45, 2.75) is 44.6 Å². The molecule has 0 aliphatic rings. The predicted octanol–water partition coefficient (Wildman–Crippen LogP) is 3.90. The first-order valence-electron chi connectivity index (χ1n) is 7.58. The smallest absolute Gasteiger partial charge is 0.226 e. The van der Waals surface area contributed by atoms with Gasteiger partial charge in [-0.2, -0.15) is 4.98 Å². The fourth-order valence-electron chi connectivity index (χ4n) is 2.18. The summed E-state index contributed by atoms with van der Waals surface area (Å²) in [7, 11) is 0. The van der Waals surface area contributed by atoms with Gasteiger partial charge in [0.1, 0.15) is 0 Å². The van der Waals surface area contributed by atoms with E-state index >= 15 is 0 Å². The first-order valence-corrected chi connectivity index (χ1v) is 9.45. The Bertz CT molecular complexity index is 748. The lowest BCUT2D eigenvalue weighted by molar-refractivity contribution is 0.360. The third-order valence-electron chi connectivity index (χ3n) is 3.20. The van der Waals surface area contributed by atoms with E-state index in [-0.39, 0.29) is 0 Å². The summed E-state index contributed by atoms with van der Waals surface area (Å²) in [5.74, 6) is 3.45. The van der Waals surface area contributed by atoms with Gasteiger partial charge < -0.3 is 9.09 Å². The average Bonchev–Trinajstić information content (AvgIpc) is 3.24. The molecule has 0 aliphatic heterocycles. The molecule has 0 amide bonds. The normalized spacial score (nSPS) is 11.5. The zero-order valence-electron chi connectivity index (χ0n) is 13.4. The number of nitrogens with zero attached hydrogens (tertiary/aromatic N) is 5. The number of hydrogen-bond acceptors (Lipinski definition) is 7. The summed E-state index contributed by atoms with van der Waals surface area (Å²) in [6.45, 7) is 7.19. The van der Waals surface area contributed by atoms with Gasteiger partial charge in [0.15, 0.2) is 16.8 Å². The quantitative estimate of drug-likeness (QED) is 0.603. The maximum absolute atomic E-state index is 5.27. The molecule has 0 N–H and O–H groups in total. The highest BCUT2D eigenvalue weighted by Crippen LogP contribution is 2.28. The number of hydrogen-bond donors (Lipinski definition) is 0. The molecular weight excluding hydrogens is 330 g/mol. The number of thioether (sulfide) groups is 1. The SMILES string of the molecule is CCn1c(SCc2noc(CC(C)C)n2)nnc1-c1cccs1. The zero-order valence-corrected chi connectivity index (χ0v) is 15.0. The van der Waals surface area contributed by atoms with Crippen molar-refractivity contribution in [1.82, 2.24) is 24.9 Å². The fraction of sp³-hybridized carbons (Fsp3) is 0.467. The molecular formula is C15H19N5OS2. The second-order valence-corrected chi connectivity index (χ2v) is 7.41. The highest BCUT2D eigenvalue weighted by atomic mass is 32.2. The molecule has 0 unspecified atom stereocenters. The van der Waals surface area contributed by atoms with Crippen molar-refractivity contribution in [1.29, 1.82) is 0 Å². The molecule has 3 rings (SSSR count). The number of rotatable bonds is 7. The second-order valence-electron chi connectivity index (χ2n) is 5.52. The summed E-state index contributed by atoms with van der Waals surface area (Å²) in [5, 5.41) is 15.6. The monoisotopic (exact) mass is 349 g/mol. The number of thiophene rings is 1. The Morgan fingerprint density at radius 1 is 1.35 bits per heavy atom. The van der Waals surface area contributed by atoms with Crippen LogP contribution in [-0.4, -0.2) is 24.9 Å². The Hall–Kier alpha value is -1.67. The highest BCUT2D eigenvalue weighted by molar-refractivity contribution is 7.98. The third kappa shape index (κ3) is 3.81. The van der Waals surface area contributed by atoms with E-state index in [1.54, 1.807) is 23.1 Å². The Labute approximate surface area is 143 Å². The molecule has 23 heavy (non-hydrogen) atoms. The van der Waals surface area contributed by atoms with Gasteiger partial charge in [-0.15, -0.1) is 21.5 Å². The molecule has 0 saturated heterocycles. The molecule has 0 aromatic carbocycles. The topological polar surface area (TPSA) is 69.6 Å². The summed E-state index contributed by atoms with van der Waals surface area (Å²) in [6.07, 6.45) is 0.811. The van der Waals surface area contributed by atoms with Crippen molar-refractivity contribution in [3.05, 3.63) is 29.2 Å². The molecule has 0 spiro atoms. The van der Waals surface area contributed by atoms with Crippen LogP contribution in [0.4, 0.5) is 0 Å². The first-order chi connectivity index (χ1) is 11.2. The second kappa shape index (κ2) is 7.27. The zero-order chi connectivity index (χ0) is 16.2. The van der Waals surface area contributed by atoms with Crippen LogP contribution in [0.1, 0.15) is 32.5 Å². The van der Waals surface area contributed by atoms with Gasteiger partial charge in [-0.1, -0.05) is 36.8 Å². The molecule has 3 aromatic heterocycles. The Morgan fingerprint density at radius 3 is 2.91 bits per heavy atom. The molecule has 122 valence electrons. The molecule has 8 heteroatoms. The molecule has 0 fully saturated rings. The van der Waals surface area contributed by atoms with Gasteiger partial charge in [-0.05, 0) is 24.3 Å². The van der Waals surface area contributed by atoms with Crippen LogP contribution in [0.5, 0.6) is 0 Å². The van der Waals surface area contributed by atoms with Crippen molar-refractivity contribution < 1.29 is 4.52 Å². The van der Waals surface area contributed by atoms with Crippen molar-refractivity contribution in [3.63, 3.8) is 0 Å². The first kappa shape index (κ1) is 16.2. The van der Waals surface area contributed by atoms with E-state index in [1.807, 2.05) is 11.4 Å². The standard InChI is InChI=1S/C15H19N5OS2/c1-4-20-14(11-6-5-7-22-11)17-18-15(20)23-9-12-16-13(21-19-12)8-10(2)3/h5-7,10H,4,8-9H2,1-3H3. The Morgan fingerprint density at radius 2 is 2.22 bits per heavy atom. The lowest BCUT2D eigenvalue weighted by Gasteiger charge is -2.04. The molecule has 0 aliphatic carbocycles. The van der Waals surface area contributed by atoms with E-state index in [1.165, 1.54) is 0 Å². The summed E-state index contributed by atoms with van der Waals surface area (Å²) in [6, 6.07) is 4.09. The Kier molecular flexibility index (Phi) is 5.12.